The molecule has 0 rings (SSSR count). The Balaban J connectivity index is 4.03. The molecule has 3 unspecified atom stereocenters. The highest BCUT2D eigenvalue weighted by atomic mass is 31.2. The third-order valence-electron chi connectivity index (χ3n) is 7.56. The van der Waals surface area contributed by atoms with E-state index in [1.54, 1.807) is 0 Å². The molecule has 0 amide bonds. The molecule has 0 aliphatic heterocycles. The van der Waals surface area contributed by atoms with Gasteiger partial charge in [0.15, 0.2) is 0 Å². The molecule has 0 saturated heterocycles. The Morgan fingerprint density at radius 3 is 1.40 bits per heavy atom. The molecule has 280 valence electrons. The average Bonchev–Trinajstić information content (AvgIpc) is 3.07. The number of unbranched alkanes of at least 4 members (excludes halogenated alkanes) is 14. The summed E-state index contributed by atoms with van der Waals surface area (Å²) in [6, 6.07) is 0. The van der Waals surface area contributed by atoms with Crippen molar-refractivity contribution in [2.24, 2.45) is 0 Å². The zero-order chi connectivity index (χ0) is 35.6. The number of phosphoric ester groups is 1. The molecule has 0 aliphatic carbocycles. The van der Waals surface area contributed by atoms with Crippen molar-refractivity contribution in [2.45, 2.75) is 161 Å². The number of hydrogen-bond acceptors (Lipinski definition) is 9. The summed E-state index contributed by atoms with van der Waals surface area (Å²) < 4.78 is 32.3. The predicted molar refractivity (Wildman–Crippen MR) is 191 cm³/mol. The summed E-state index contributed by atoms with van der Waals surface area (Å²) >= 11 is 0. The molecule has 0 aliphatic rings. The fourth-order valence-electron chi connectivity index (χ4n) is 4.67. The summed E-state index contributed by atoms with van der Waals surface area (Å²) in [5.74, 6) is -1.05. The van der Waals surface area contributed by atoms with Gasteiger partial charge in [-0.15, -0.1) is 0 Å². The number of esters is 2. The summed E-state index contributed by atoms with van der Waals surface area (Å²) in [5.41, 5.74) is 0. The van der Waals surface area contributed by atoms with Crippen molar-refractivity contribution < 1.29 is 47.8 Å². The highest BCUT2D eigenvalue weighted by molar-refractivity contribution is 7.47. The molecule has 3 N–H and O–H groups in total. The largest absolute Gasteiger partial charge is 0.472 e. The second kappa shape index (κ2) is 33.7. The number of ether oxygens (including phenoxy) is 2. The van der Waals surface area contributed by atoms with Gasteiger partial charge in [0.05, 0.1) is 26.4 Å². The van der Waals surface area contributed by atoms with Gasteiger partial charge in [0, 0.05) is 12.8 Å². The molecular formula is C37H67O10P. The maximum Gasteiger partial charge on any atom is 0.472 e. The number of allylic oxidation sites excluding steroid dienone is 6. The van der Waals surface area contributed by atoms with Crippen LogP contribution in [0.25, 0.3) is 0 Å². The van der Waals surface area contributed by atoms with Gasteiger partial charge in [0.2, 0.25) is 0 Å². The predicted octanol–water partition coefficient (Wildman–Crippen LogP) is 8.83. The Morgan fingerprint density at radius 1 is 0.562 bits per heavy atom. The van der Waals surface area contributed by atoms with Gasteiger partial charge >= 0.3 is 19.8 Å². The van der Waals surface area contributed by atoms with E-state index in [2.05, 4.69) is 50.3 Å². The minimum absolute atomic E-state index is 0.175. The first-order chi connectivity index (χ1) is 23.3. The SMILES string of the molecule is CCC/C=C\CCCCCCCC(=O)OC(CO)COP(=O)(O)OCC(CO)OC(=O)CCCCCCC/C=C\C/C=C\CCCCC. The van der Waals surface area contributed by atoms with Crippen LogP contribution in [0, 0.1) is 0 Å². The van der Waals surface area contributed by atoms with Gasteiger partial charge in [-0.25, -0.2) is 4.57 Å². The van der Waals surface area contributed by atoms with E-state index in [-0.39, 0.29) is 12.8 Å². The molecule has 0 spiro atoms. The summed E-state index contributed by atoms with van der Waals surface area (Å²) in [6.07, 6.45) is 31.3. The zero-order valence-electron chi connectivity index (χ0n) is 29.9. The lowest BCUT2D eigenvalue weighted by Gasteiger charge is -2.20. The third kappa shape index (κ3) is 31.5. The topological polar surface area (TPSA) is 149 Å². The van der Waals surface area contributed by atoms with Gasteiger partial charge in [0.25, 0.3) is 0 Å². The van der Waals surface area contributed by atoms with Crippen molar-refractivity contribution in [3.8, 4) is 0 Å². The van der Waals surface area contributed by atoms with Crippen molar-refractivity contribution in [1.82, 2.24) is 0 Å². The maximum absolute atomic E-state index is 12.3. The molecule has 11 heteroatoms. The molecule has 0 heterocycles. The van der Waals surface area contributed by atoms with Crippen LogP contribution in [0.4, 0.5) is 0 Å². The van der Waals surface area contributed by atoms with Crippen LogP contribution in [0.2, 0.25) is 0 Å². The molecule has 0 bridgehead atoms. The van der Waals surface area contributed by atoms with E-state index in [1.165, 1.54) is 19.3 Å². The molecule has 48 heavy (non-hydrogen) atoms. The van der Waals surface area contributed by atoms with Crippen LogP contribution in [0.3, 0.4) is 0 Å². The lowest BCUT2D eigenvalue weighted by Crippen LogP contribution is -2.28. The fraction of sp³-hybridized carbons (Fsp3) is 0.784. The normalized spacial score (nSPS) is 14.5. The average molecular weight is 703 g/mol. The Kier molecular flexibility index (Phi) is 32.4. The van der Waals surface area contributed by atoms with Gasteiger partial charge in [-0.05, 0) is 64.2 Å². The Bertz CT molecular complexity index is 905. The van der Waals surface area contributed by atoms with Crippen LogP contribution in [0.15, 0.2) is 36.5 Å². The Labute approximate surface area is 291 Å². The van der Waals surface area contributed by atoms with E-state index in [0.717, 1.165) is 89.9 Å². The first-order valence-corrected chi connectivity index (χ1v) is 19.9. The Hall–Kier alpha value is -1.81. The van der Waals surface area contributed by atoms with Gasteiger partial charge in [-0.3, -0.25) is 18.6 Å². The van der Waals surface area contributed by atoms with Crippen LogP contribution in [-0.2, 0) is 32.7 Å². The quantitative estimate of drug-likeness (QED) is 0.0257. The highest BCUT2D eigenvalue weighted by Gasteiger charge is 2.27. The number of carbonyl (C=O) groups excluding carboxylic acids is 2. The molecule has 10 nitrogen and oxygen atoms in total. The van der Waals surface area contributed by atoms with E-state index in [9.17, 15) is 29.3 Å². The standard InChI is InChI=1S/C37H67O10P/c1-3-5-7-9-11-13-15-16-17-18-19-21-23-25-27-29-37(41)47-35(31-39)33-45-48(42,43)44-32-34(30-38)46-36(40)28-26-24-22-20-14-12-10-8-6-4-2/h8,10-11,13,16-17,34-35,38-39H,3-7,9,12,14-15,18-33H2,1-2H3,(H,42,43)/b10-8-,13-11-,17-16-. The minimum Gasteiger partial charge on any atom is -0.457 e. The molecule has 0 radical (unpaired) electrons. The molecule has 0 aromatic rings. The Morgan fingerprint density at radius 2 is 0.958 bits per heavy atom. The van der Waals surface area contributed by atoms with Crippen LogP contribution in [0.5, 0.6) is 0 Å². The van der Waals surface area contributed by atoms with Gasteiger partial charge in [0.1, 0.15) is 12.2 Å². The van der Waals surface area contributed by atoms with E-state index in [1.807, 2.05) is 0 Å². The van der Waals surface area contributed by atoms with Crippen LogP contribution < -0.4 is 0 Å². The van der Waals surface area contributed by atoms with E-state index in [0.29, 0.717) is 12.8 Å². The number of rotatable bonds is 34. The molecular weight excluding hydrogens is 635 g/mol. The van der Waals surface area contributed by atoms with Crippen LogP contribution >= 0.6 is 7.82 Å². The first kappa shape index (κ1) is 46.2. The van der Waals surface area contributed by atoms with Gasteiger partial charge in [-0.1, -0.05) is 108 Å². The number of phosphoric acid groups is 1. The monoisotopic (exact) mass is 702 g/mol. The summed E-state index contributed by atoms with van der Waals surface area (Å²) in [4.78, 5) is 34.3. The summed E-state index contributed by atoms with van der Waals surface area (Å²) in [6.45, 7) is 2.06. The number of hydrogen-bond donors (Lipinski definition) is 3. The summed E-state index contributed by atoms with van der Waals surface area (Å²) in [5, 5.41) is 19.0. The lowest BCUT2D eigenvalue weighted by atomic mass is 10.1. The highest BCUT2D eigenvalue weighted by Crippen LogP contribution is 2.43. The second-order valence-corrected chi connectivity index (χ2v) is 13.6. The molecule has 3 atom stereocenters. The zero-order valence-corrected chi connectivity index (χ0v) is 30.8. The van der Waals surface area contributed by atoms with Crippen molar-refractivity contribution in [3.63, 3.8) is 0 Å². The molecule has 0 fully saturated rings. The van der Waals surface area contributed by atoms with Crippen molar-refractivity contribution in [3.05, 3.63) is 36.5 Å². The molecule has 0 aromatic carbocycles. The van der Waals surface area contributed by atoms with Gasteiger partial charge in [-0.2, -0.15) is 0 Å². The smallest absolute Gasteiger partial charge is 0.457 e. The fourth-order valence-corrected chi connectivity index (χ4v) is 5.46. The lowest BCUT2D eigenvalue weighted by molar-refractivity contribution is -0.153. The van der Waals surface area contributed by atoms with Gasteiger partial charge < -0.3 is 24.6 Å². The summed E-state index contributed by atoms with van der Waals surface area (Å²) in [7, 11) is -4.63. The van der Waals surface area contributed by atoms with Crippen LogP contribution in [0.1, 0.15) is 149 Å². The van der Waals surface area contributed by atoms with Crippen molar-refractivity contribution in [2.75, 3.05) is 26.4 Å². The van der Waals surface area contributed by atoms with E-state index < -0.39 is 58.4 Å². The minimum atomic E-state index is -4.63. The third-order valence-corrected chi connectivity index (χ3v) is 8.51. The number of aliphatic hydroxyl groups is 2. The first-order valence-electron chi connectivity index (χ1n) is 18.4. The van der Waals surface area contributed by atoms with Crippen molar-refractivity contribution in [1.29, 1.82) is 0 Å². The van der Waals surface area contributed by atoms with E-state index >= 15 is 0 Å². The second-order valence-electron chi connectivity index (χ2n) is 12.2. The van der Waals surface area contributed by atoms with Crippen LogP contribution in [-0.4, -0.2) is 65.7 Å². The molecule has 0 saturated carbocycles. The van der Waals surface area contributed by atoms with Crippen molar-refractivity contribution >= 4 is 19.8 Å². The maximum atomic E-state index is 12.3. The number of aliphatic hydroxyl groups excluding tert-OH is 2. The molecule has 0 aromatic heterocycles. The number of carbonyl (C=O) groups is 2. The van der Waals surface area contributed by atoms with E-state index in [4.69, 9.17) is 18.5 Å².